The van der Waals surface area contributed by atoms with Gasteiger partial charge in [0.25, 0.3) is 0 Å². The first-order valence-corrected chi connectivity index (χ1v) is 11.1. The molecule has 4 heteroatoms. The molecule has 0 bridgehead atoms. The number of benzene rings is 4. The van der Waals surface area contributed by atoms with Gasteiger partial charge in [-0.2, -0.15) is 42.0 Å². The van der Waals surface area contributed by atoms with Gasteiger partial charge in [0.2, 0.25) is 0 Å². The molecule has 2 aromatic heterocycles. The van der Waals surface area contributed by atoms with Crippen LogP contribution in [-0.2, 0) is 16.5 Å². The van der Waals surface area contributed by atoms with Crippen molar-refractivity contribution in [3.63, 3.8) is 0 Å². The maximum absolute atomic E-state index is 4.52. The third kappa shape index (κ3) is 5.25. The molecule has 1 radical (unpaired) electrons. The Morgan fingerprint density at radius 3 is 1.88 bits per heavy atom. The Kier molecular flexibility index (Phi) is 7.39. The number of fused-ring (bicyclic) bond motifs is 3. The fraction of sp³-hybridized carbons (Fsp3) is 0. The first-order chi connectivity index (χ1) is 15.8. The van der Waals surface area contributed by atoms with Gasteiger partial charge in [0, 0.05) is 5.69 Å². The van der Waals surface area contributed by atoms with Crippen LogP contribution < -0.4 is 4.98 Å². The van der Waals surface area contributed by atoms with Crippen LogP contribution in [0.2, 0.25) is 0 Å². The number of nitrogens with zero attached hydrogens (tertiary/aromatic N) is 2. The second-order valence-corrected chi connectivity index (χ2v) is 8.06. The van der Waals surface area contributed by atoms with E-state index in [1.165, 1.54) is 10.8 Å². The summed E-state index contributed by atoms with van der Waals surface area (Å²) in [5.74, 6) is 0. The quantitative estimate of drug-likeness (QED) is 0.130. The minimum absolute atomic E-state index is 0. The average Bonchev–Trinajstić information content (AvgIpc) is 3.24. The molecule has 161 valence electrons. The smallest absolute Gasteiger partial charge is 0.657 e. The SMILES string of the molecule is Brc1cccc(-c2[c-]c(-c3[c-]cccc3)ccc2)n1.[Ni+3].c1ccc2c(c1)[n-]c1ccccc12. The Labute approximate surface area is 211 Å². The molecule has 0 aliphatic heterocycles. The molecule has 0 saturated heterocycles. The normalized spacial score (nSPS) is 10.3. The van der Waals surface area contributed by atoms with Gasteiger partial charge in [0.05, 0.1) is 4.60 Å². The summed E-state index contributed by atoms with van der Waals surface area (Å²) in [5.41, 5.74) is 6.13. The molecule has 0 atom stereocenters. The molecule has 6 rings (SSSR count). The zero-order chi connectivity index (χ0) is 21.8. The van der Waals surface area contributed by atoms with Crippen LogP contribution in [0.4, 0.5) is 0 Å². The van der Waals surface area contributed by atoms with E-state index in [-0.39, 0.29) is 16.5 Å². The van der Waals surface area contributed by atoms with Gasteiger partial charge in [0.1, 0.15) is 0 Å². The maximum atomic E-state index is 4.52. The number of pyridine rings is 1. The van der Waals surface area contributed by atoms with E-state index in [0.717, 1.165) is 38.0 Å². The summed E-state index contributed by atoms with van der Waals surface area (Å²) in [7, 11) is 0. The summed E-state index contributed by atoms with van der Waals surface area (Å²) in [6, 6.07) is 42.9. The zero-order valence-corrected chi connectivity index (χ0v) is 20.1. The summed E-state index contributed by atoms with van der Waals surface area (Å²) < 4.78 is 0.829. The number of hydrogen-bond acceptors (Lipinski definition) is 1. The largest absolute Gasteiger partial charge is 3.00 e. The van der Waals surface area contributed by atoms with Crippen molar-refractivity contribution in [2.24, 2.45) is 0 Å². The summed E-state index contributed by atoms with van der Waals surface area (Å²) in [5, 5.41) is 2.50. The fourth-order valence-corrected chi connectivity index (χ4v) is 3.97. The standard InChI is InChI=1S/C17H10BrN.C12H8N.Ni/c18-17-11-5-10-16(19-17)15-9-4-8-14(12-15)13-6-2-1-3-7-13;1-3-7-11-9(5-1)10-6-2-4-8-12(10)13-11;/h1-6,8-11H;1-8H;/q-2;-1;+3. The Hall–Kier alpha value is -3.20. The number of halogens is 1. The van der Waals surface area contributed by atoms with Crippen molar-refractivity contribution in [3.05, 3.63) is 126 Å². The van der Waals surface area contributed by atoms with Crippen LogP contribution >= 0.6 is 15.9 Å². The van der Waals surface area contributed by atoms with Gasteiger partial charge in [-0.05, 0) is 32.8 Å². The molecule has 0 unspecified atom stereocenters. The van der Waals surface area contributed by atoms with E-state index in [4.69, 9.17) is 0 Å². The predicted octanol–water partition coefficient (Wildman–Crippen LogP) is 7.73. The Morgan fingerprint density at radius 2 is 1.21 bits per heavy atom. The molecule has 2 heterocycles. The van der Waals surface area contributed by atoms with Gasteiger partial charge in [0.15, 0.2) is 0 Å². The number of para-hydroxylation sites is 2. The third-order valence-corrected chi connectivity index (χ3v) is 5.57. The monoisotopic (exact) mass is 531 g/mol. The van der Waals surface area contributed by atoms with Crippen molar-refractivity contribution in [3.8, 4) is 22.4 Å². The number of rotatable bonds is 2. The molecule has 0 amide bonds. The van der Waals surface area contributed by atoms with Crippen LogP contribution in [0.3, 0.4) is 0 Å². The molecule has 0 aliphatic carbocycles. The van der Waals surface area contributed by atoms with Crippen LogP contribution in [0.1, 0.15) is 0 Å². The summed E-state index contributed by atoms with van der Waals surface area (Å²) >= 11 is 3.39. The van der Waals surface area contributed by atoms with E-state index in [0.29, 0.717) is 0 Å². The van der Waals surface area contributed by atoms with Gasteiger partial charge in [-0.1, -0.05) is 60.7 Å². The van der Waals surface area contributed by atoms with E-state index >= 15 is 0 Å². The fourth-order valence-electron chi connectivity index (χ4n) is 3.62. The summed E-state index contributed by atoms with van der Waals surface area (Å²) in [4.78, 5) is 8.97. The third-order valence-electron chi connectivity index (χ3n) is 5.12. The van der Waals surface area contributed by atoms with Gasteiger partial charge in [-0.25, -0.2) is 5.56 Å². The van der Waals surface area contributed by atoms with Crippen molar-refractivity contribution in [1.82, 2.24) is 9.97 Å². The van der Waals surface area contributed by atoms with E-state index in [1.807, 2.05) is 72.8 Å². The van der Waals surface area contributed by atoms with Crippen molar-refractivity contribution in [1.29, 1.82) is 0 Å². The van der Waals surface area contributed by atoms with Gasteiger partial charge in [-0.15, -0.1) is 34.8 Å². The van der Waals surface area contributed by atoms with Crippen LogP contribution in [0, 0.1) is 12.1 Å². The molecule has 33 heavy (non-hydrogen) atoms. The van der Waals surface area contributed by atoms with Gasteiger partial charge >= 0.3 is 16.5 Å². The van der Waals surface area contributed by atoms with Crippen molar-refractivity contribution < 1.29 is 16.5 Å². The van der Waals surface area contributed by atoms with Gasteiger partial charge in [-0.3, -0.25) is 4.98 Å². The molecular weight excluding hydrogens is 515 g/mol. The maximum Gasteiger partial charge on any atom is 3.00 e. The van der Waals surface area contributed by atoms with Crippen molar-refractivity contribution >= 4 is 37.7 Å². The first-order valence-electron chi connectivity index (χ1n) is 10.3. The summed E-state index contributed by atoms with van der Waals surface area (Å²) in [6.45, 7) is 0. The van der Waals surface area contributed by atoms with E-state index in [2.05, 4.69) is 74.4 Å². The Morgan fingerprint density at radius 1 is 0.606 bits per heavy atom. The minimum atomic E-state index is 0. The first kappa shape index (κ1) is 23.0. The van der Waals surface area contributed by atoms with Crippen molar-refractivity contribution in [2.45, 2.75) is 0 Å². The molecule has 0 N–H and O–H groups in total. The predicted molar refractivity (Wildman–Crippen MR) is 135 cm³/mol. The second kappa shape index (κ2) is 10.6. The zero-order valence-electron chi connectivity index (χ0n) is 17.5. The second-order valence-electron chi connectivity index (χ2n) is 7.25. The molecule has 6 aromatic rings. The number of hydrogen-bond donors (Lipinski definition) is 0. The van der Waals surface area contributed by atoms with E-state index < -0.39 is 0 Å². The topological polar surface area (TPSA) is 27.0 Å². The molecule has 0 aliphatic rings. The van der Waals surface area contributed by atoms with Gasteiger partial charge < -0.3 is 4.98 Å². The van der Waals surface area contributed by atoms with Crippen LogP contribution in [-0.4, -0.2) is 4.98 Å². The van der Waals surface area contributed by atoms with Crippen LogP contribution in [0.15, 0.2) is 114 Å². The molecule has 2 nitrogen and oxygen atoms in total. The van der Waals surface area contributed by atoms with Crippen molar-refractivity contribution in [2.75, 3.05) is 0 Å². The average molecular weight is 533 g/mol. The number of aromatic nitrogens is 2. The Bertz CT molecular complexity index is 1440. The molecule has 0 saturated carbocycles. The molecule has 4 aromatic carbocycles. The summed E-state index contributed by atoms with van der Waals surface area (Å²) in [6.07, 6.45) is 0. The molecule has 0 fully saturated rings. The van der Waals surface area contributed by atoms with E-state index in [9.17, 15) is 0 Å². The molecular formula is C29H18BrN2Ni. The minimum Gasteiger partial charge on any atom is -0.657 e. The molecule has 0 spiro atoms. The van der Waals surface area contributed by atoms with Crippen LogP contribution in [0.25, 0.3) is 44.2 Å². The van der Waals surface area contributed by atoms with E-state index in [1.54, 1.807) is 0 Å². The van der Waals surface area contributed by atoms with Crippen LogP contribution in [0.5, 0.6) is 0 Å². The Balaban J connectivity index is 0.000000162.